The van der Waals surface area contributed by atoms with Crippen LogP contribution in [-0.4, -0.2) is 77.7 Å². The summed E-state index contributed by atoms with van der Waals surface area (Å²) in [6, 6.07) is 14.9. The Morgan fingerprint density at radius 2 is 1.64 bits per heavy atom. The summed E-state index contributed by atoms with van der Waals surface area (Å²) in [5.74, 6) is 0.167. The van der Waals surface area contributed by atoms with Gasteiger partial charge in [0.15, 0.2) is 0 Å². The maximum absolute atomic E-state index is 14.6. The maximum atomic E-state index is 14.6. The van der Waals surface area contributed by atoms with Crippen LogP contribution in [-0.2, 0) is 36.0 Å². The highest BCUT2D eigenvalue weighted by Crippen LogP contribution is 2.42. The molecular formula is C41H47Cl2N5O5. The molecule has 10 nitrogen and oxygen atoms in total. The van der Waals surface area contributed by atoms with Crippen molar-refractivity contribution in [1.29, 1.82) is 0 Å². The lowest BCUT2D eigenvalue weighted by molar-refractivity contribution is 0.0364. The second kappa shape index (κ2) is 16.8. The summed E-state index contributed by atoms with van der Waals surface area (Å²) in [6.07, 6.45) is 1.26. The van der Waals surface area contributed by atoms with Crippen LogP contribution in [0.5, 0.6) is 5.75 Å². The summed E-state index contributed by atoms with van der Waals surface area (Å²) in [5.41, 5.74) is 9.38. The Labute approximate surface area is 320 Å². The minimum Gasteiger partial charge on any atom is -0.494 e. The lowest BCUT2D eigenvalue weighted by Gasteiger charge is -2.27. The van der Waals surface area contributed by atoms with Crippen LogP contribution in [0.3, 0.4) is 0 Å². The summed E-state index contributed by atoms with van der Waals surface area (Å²) in [4.78, 5) is 29.0. The molecule has 6 rings (SSSR count). The zero-order valence-electron chi connectivity index (χ0n) is 31.3. The first-order valence-corrected chi connectivity index (χ1v) is 18.7. The van der Waals surface area contributed by atoms with Crippen molar-refractivity contribution in [3.8, 4) is 16.9 Å². The zero-order chi connectivity index (χ0) is 37.8. The van der Waals surface area contributed by atoms with Gasteiger partial charge in [0.1, 0.15) is 11.4 Å². The van der Waals surface area contributed by atoms with Gasteiger partial charge in [0, 0.05) is 67.0 Å². The second-order valence-corrected chi connectivity index (χ2v) is 14.4. The van der Waals surface area contributed by atoms with Gasteiger partial charge >= 0.3 is 5.97 Å². The first kappa shape index (κ1) is 38.4. The van der Waals surface area contributed by atoms with Crippen LogP contribution in [0.1, 0.15) is 60.9 Å². The molecule has 0 bridgehead atoms. The number of nitrogens with zero attached hydrogens (tertiary/aromatic N) is 4. The Bertz CT molecular complexity index is 2110. The molecule has 0 spiro atoms. The van der Waals surface area contributed by atoms with E-state index in [0.29, 0.717) is 55.5 Å². The van der Waals surface area contributed by atoms with Gasteiger partial charge in [-0.25, -0.2) is 4.79 Å². The predicted molar refractivity (Wildman–Crippen MR) is 210 cm³/mol. The Morgan fingerprint density at radius 3 is 2.28 bits per heavy atom. The number of hydrogen-bond donors (Lipinski definition) is 1. The fraction of sp³-hybridized carbons (Fsp3) is 0.390. The smallest absolute Gasteiger partial charge is 0.337 e. The Kier molecular flexibility index (Phi) is 12.1. The van der Waals surface area contributed by atoms with E-state index in [1.807, 2.05) is 75.8 Å². The van der Waals surface area contributed by atoms with Crippen molar-refractivity contribution >= 4 is 46.0 Å². The highest BCUT2D eigenvalue weighted by molar-refractivity contribution is 6.35. The molecular weight excluding hydrogens is 713 g/mol. The first-order valence-electron chi connectivity index (χ1n) is 18.0. The molecule has 0 radical (unpaired) electrons. The molecule has 1 aliphatic heterocycles. The molecule has 0 atom stereocenters. The third-order valence-corrected chi connectivity index (χ3v) is 11.0. The van der Waals surface area contributed by atoms with Crippen LogP contribution in [0.2, 0.25) is 10.0 Å². The summed E-state index contributed by atoms with van der Waals surface area (Å²) in [7, 11) is 3.29. The number of fused-ring (bicyclic) bond motifs is 1. The number of amides is 1. The minimum absolute atomic E-state index is 0.193. The molecule has 1 fully saturated rings. The van der Waals surface area contributed by atoms with Crippen molar-refractivity contribution < 1.29 is 23.8 Å². The van der Waals surface area contributed by atoms with Crippen LogP contribution in [0.15, 0.2) is 48.5 Å². The van der Waals surface area contributed by atoms with Crippen molar-refractivity contribution in [1.82, 2.24) is 24.6 Å². The first-order chi connectivity index (χ1) is 25.5. The maximum Gasteiger partial charge on any atom is 0.337 e. The van der Waals surface area contributed by atoms with E-state index in [4.69, 9.17) is 42.5 Å². The molecule has 280 valence electrons. The number of morpholine rings is 1. The highest BCUT2D eigenvalue weighted by atomic mass is 35.5. The van der Waals surface area contributed by atoms with Gasteiger partial charge in [-0.15, -0.1) is 0 Å². The zero-order valence-corrected chi connectivity index (χ0v) is 32.8. The molecule has 0 unspecified atom stereocenters. The summed E-state index contributed by atoms with van der Waals surface area (Å²) >= 11 is 13.5. The number of carbonyl (C=O) groups is 2. The van der Waals surface area contributed by atoms with Gasteiger partial charge < -0.3 is 24.1 Å². The standard InChI is InChI=1S/C41H47Cl2N5O5/c1-25-22-31(23-26(2)37(25)43)53-19-7-8-32-33-13-14-34(42)36(35-27(3)45-46(5)28(35)4)38(33)48(16-15-47-17-20-52-21-18-47)39(32)40(49)44-24-29-9-11-30(12-10-29)41(50)51-6/h9-14,22-23H,7-8,15-21,24H2,1-6H3,(H,44,49). The van der Waals surface area contributed by atoms with Gasteiger partial charge in [0.25, 0.3) is 5.91 Å². The molecule has 5 aromatic rings. The van der Waals surface area contributed by atoms with E-state index in [-0.39, 0.29) is 12.5 Å². The van der Waals surface area contributed by atoms with Gasteiger partial charge in [-0.05, 0) is 93.1 Å². The van der Waals surface area contributed by atoms with Crippen LogP contribution in [0, 0.1) is 27.7 Å². The largest absolute Gasteiger partial charge is 0.494 e. The monoisotopic (exact) mass is 759 g/mol. The lowest BCUT2D eigenvalue weighted by Crippen LogP contribution is -2.38. The molecule has 1 saturated heterocycles. The molecule has 0 saturated carbocycles. The van der Waals surface area contributed by atoms with Gasteiger partial charge in [-0.2, -0.15) is 5.10 Å². The number of rotatable bonds is 13. The SMILES string of the molecule is COC(=O)c1ccc(CNC(=O)c2c(CCCOc3cc(C)c(Cl)c(C)c3)c3ccc(Cl)c(-c4c(C)nn(C)c4C)c3n2CCN2CCOCC2)cc1. The van der Waals surface area contributed by atoms with Crippen molar-refractivity contribution in [2.75, 3.05) is 46.6 Å². The third-order valence-electron chi connectivity index (χ3n) is 10.1. The number of halogens is 2. The summed E-state index contributed by atoms with van der Waals surface area (Å²) in [6.45, 7) is 13.0. The predicted octanol–water partition coefficient (Wildman–Crippen LogP) is 7.64. The van der Waals surface area contributed by atoms with Crippen LogP contribution < -0.4 is 10.1 Å². The minimum atomic E-state index is -0.408. The Hall–Kier alpha value is -4.35. The van der Waals surface area contributed by atoms with Gasteiger partial charge in [0.05, 0.1) is 48.7 Å². The quantitative estimate of drug-likeness (QED) is 0.0973. The molecule has 0 aliphatic carbocycles. The number of nitrogens with one attached hydrogen (secondary N) is 1. The van der Waals surface area contributed by atoms with Gasteiger partial charge in [-0.1, -0.05) is 41.4 Å². The number of carbonyl (C=O) groups excluding carboxylic acids is 2. The van der Waals surface area contributed by atoms with Gasteiger partial charge in [0.2, 0.25) is 0 Å². The molecule has 3 aromatic carbocycles. The van der Waals surface area contributed by atoms with Crippen molar-refractivity contribution in [2.24, 2.45) is 7.05 Å². The fourth-order valence-corrected chi connectivity index (χ4v) is 7.60. The van der Waals surface area contributed by atoms with Crippen LogP contribution in [0.4, 0.5) is 0 Å². The van der Waals surface area contributed by atoms with E-state index >= 15 is 0 Å². The third kappa shape index (κ3) is 8.26. The Morgan fingerprint density at radius 1 is 0.943 bits per heavy atom. The fourth-order valence-electron chi connectivity index (χ4n) is 7.24. The highest BCUT2D eigenvalue weighted by Gasteiger charge is 2.28. The average Bonchev–Trinajstić information content (AvgIpc) is 3.61. The molecule has 2 aromatic heterocycles. The van der Waals surface area contributed by atoms with E-state index in [2.05, 4.69) is 14.8 Å². The van der Waals surface area contributed by atoms with E-state index in [1.54, 1.807) is 12.1 Å². The second-order valence-electron chi connectivity index (χ2n) is 13.6. The van der Waals surface area contributed by atoms with E-state index in [0.717, 1.165) is 86.1 Å². The van der Waals surface area contributed by atoms with Gasteiger partial charge in [-0.3, -0.25) is 14.4 Å². The van der Waals surface area contributed by atoms with Crippen molar-refractivity contribution in [3.63, 3.8) is 0 Å². The van der Waals surface area contributed by atoms with Crippen LogP contribution >= 0.6 is 23.2 Å². The van der Waals surface area contributed by atoms with E-state index in [9.17, 15) is 9.59 Å². The van der Waals surface area contributed by atoms with Crippen molar-refractivity contribution in [2.45, 2.75) is 53.6 Å². The Balaban J connectivity index is 1.42. The normalized spacial score (nSPS) is 13.4. The number of ether oxygens (including phenoxy) is 3. The average molecular weight is 761 g/mol. The number of benzene rings is 3. The summed E-state index contributed by atoms with van der Waals surface area (Å²) < 4.78 is 20.7. The van der Waals surface area contributed by atoms with Crippen LogP contribution in [0.25, 0.3) is 22.0 Å². The molecule has 1 aliphatic rings. The van der Waals surface area contributed by atoms with E-state index < -0.39 is 5.97 Å². The van der Waals surface area contributed by atoms with E-state index in [1.165, 1.54) is 7.11 Å². The number of aryl methyl sites for hydroxylation is 5. The molecule has 12 heteroatoms. The summed E-state index contributed by atoms with van der Waals surface area (Å²) in [5, 5.41) is 10.2. The number of aromatic nitrogens is 3. The number of hydrogen-bond acceptors (Lipinski definition) is 7. The lowest BCUT2D eigenvalue weighted by atomic mass is 9.98. The molecule has 1 N–H and O–H groups in total. The van der Waals surface area contributed by atoms with Crippen molar-refractivity contribution in [3.05, 3.63) is 103 Å². The molecule has 3 heterocycles. The number of methoxy groups -OCH3 is 1. The molecule has 53 heavy (non-hydrogen) atoms. The molecule has 1 amide bonds. The topological polar surface area (TPSA) is 99.8 Å². The number of esters is 1.